The summed E-state index contributed by atoms with van der Waals surface area (Å²) in [6, 6.07) is 3.93. The molecular weight excluding hydrogens is 509 g/mol. The van der Waals surface area contributed by atoms with Crippen LogP contribution in [-0.4, -0.2) is 68.3 Å². The predicted molar refractivity (Wildman–Crippen MR) is 161 cm³/mol. The van der Waals surface area contributed by atoms with Crippen LogP contribution in [0.15, 0.2) is 46.2 Å². The molecule has 4 rings (SSSR count). The Hall–Kier alpha value is -3.79. The van der Waals surface area contributed by atoms with Crippen molar-refractivity contribution in [1.82, 2.24) is 20.6 Å². The van der Waals surface area contributed by atoms with E-state index < -0.39 is 5.82 Å². The number of hydrogen-bond donors (Lipinski definition) is 3. The van der Waals surface area contributed by atoms with E-state index in [1.165, 1.54) is 25.7 Å². The second kappa shape index (κ2) is 17.0. The Kier molecular flexibility index (Phi) is 13.8. The van der Waals surface area contributed by atoms with E-state index in [0.717, 1.165) is 30.0 Å². The summed E-state index contributed by atoms with van der Waals surface area (Å²) in [7, 11) is 3.56. The lowest BCUT2D eigenvalue weighted by atomic mass is 9.79. The van der Waals surface area contributed by atoms with Crippen molar-refractivity contribution in [3.05, 3.63) is 47.7 Å². The molecule has 9 nitrogen and oxygen atoms in total. The van der Waals surface area contributed by atoms with E-state index in [0.29, 0.717) is 47.6 Å². The Labute approximate surface area is 236 Å². The Morgan fingerprint density at radius 3 is 2.30 bits per heavy atom. The maximum atomic E-state index is 15.1. The van der Waals surface area contributed by atoms with E-state index in [9.17, 15) is 4.79 Å². The number of benzene rings is 1. The minimum atomic E-state index is -0.420. The maximum Gasteiger partial charge on any atom is 0.206 e. The van der Waals surface area contributed by atoms with E-state index in [2.05, 4.69) is 49.5 Å². The second-order valence-corrected chi connectivity index (χ2v) is 9.88. The Balaban J connectivity index is 0.000000387. The molecule has 2 aliphatic rings. The third-order valence-electron chi connectivity index (χ3n) is 7.23. The van der Waals surface area contributed by atoms with Crippen LogP contribution in [0.3, 0.4) is 0 Å². The van der Waals surface area contributed by atoms with Crippen LogP contribution in [0.25, 0.3) is 11.3 Å². The first-order valence-electron chi connectivity index (χ1n) is 13.6. The van der Waals surface area contributed by atoms with Crippen LogP contribution in [0.1, 0.15) is 45.2 Å². The lowest BCUT2D eigenvalue weighted by Crippen LogP contribution is -2.41. The number of hydrogen-bond acceptors (Lipinski definition) is 8. The van der Waals surface area contributed by atoms with Gasteiger partial charge in [-0.25, -0.2) is 4.39 Å². The van der Waals surface area contributed by atoms with Crippen molar-refractivity contribution in [3.63, 3.8) is 0 Å². The maximum absolute atomic E-state index is 15.1. The molecule has 0 radical (unpaired) electrons. The lowest BCUT2D eigenvalue weighted by Gasteiger charge is -2.33. The largest absolute Gasteiger partial charge is 0.382 e. The van der Waals surface area contributed by atoms with Gasteiger partial charge in [-0.2, -0.15) is 0 Å². The highest BCUT2D eigenvalue weighted by molar-refractivity contribution is 6.14. The zero-order chi connectivity index (χ0) is 29.5. The van der Waals surface area contributed by atoms with Gasteiger partial charge >= 0.3 is 0 Å². The van der Waals surface area contributed by atoms with E-state index in [4.69, 9.17) is 4.79 Å². The number of nitrogens with zero attached hydrogens (tertiary/aromatic N) is 4. The predicted octanol–water partition coefficient (Wildman–Crippen LogP) is 4.70. The summed E-state index contributed by atoms with van der Waals surface area (Å²) in [5.74, 6) is 1.04. The Morgan fingerprint density at radius 2 is 1.80 bits per heavy atom. The van der Waals surface area contributed by atoms with Gasteiger partial charge < -0.3 is 16.0 Å². The van der Waals surface area contributed by atoms with Crippen LogP contribution < -0.4 is 16.0 Å². The number of nitrogens with one attached hydrogen (secondary N) is 3. The lowest BCUT2D eigenvalue weighted by molar-refractivity contribution is -0.109. The molecule has 0 saturated heterocycles. The molecule has 40 heavy (non-hydrogen) atoms. The Bertz CT molecular complexity index is 1190. The number of anilines is 1. The highest BCUT2D eigenvalue weighted by Gasteiger charge is 2.25. The smallest absolute Gasteiger partial charge is 0.206 e. The third-order valence-corrected chi connectivity index (χ3v) is 7.23. The minimum absolute atomic E-state index is 0.231. The molecule has 1 atom stereocenters. The van der Waals surface area contributed by atoms with Crippen LogP contribution >= 0.6 is 0 Å². The molecule has 216 valence electrons. The zero-order valence-electron chi connectivity index (χ0n) is 24.2. The molecule has 1 amide bonds. The fourth-order valence-corrected chi connectivity index (χ4v) is 4.78. The van der Waals surface area contributed by atoms with Crippen molar-refractivity contribution in [1.29, 1.82) is 0 Å². The molecule has 2 heterocycles. The number of amides is 1. The summed E-state index contributed by atoms with van der Waals surface area (Å²) >= 11 is 0. The van der Waals surface area contributed by atoms with Gasteiger partial charge in [0.25, 0.3) is 0 Å². The molecule has 1 aliphatic heterocycles. The van der Waals surface area contributed by atoms with E-state index in [1.54, 1.807) is 25.5 Å². The average molecular weight is 552 g/mol. The third kappa shape index (κ3) is 9.15. The average Bonchev–Trinajstić information content (AvgIpc) is 3.40. The number of aldehydes is 1. The van der Waals surface area contributed by atoms with Crippen molar-refractivity contribution in [2.75, 3.05) is 32.5 Å². The first-order valence-corrected chi connectivity index (χ1v) is 13.6. The molecule has 1 saturated carbocycles. The van der Waals surface area contributed by atoms with Gasteiger partial charge in [0.2, 0.25) is 6.41 Å². The normalized spacial score (nSPS) is 18.4. The number of rotatable bonds is 9. The second-order valence-electron chi connectivity index (χ2n) is 9.88. The molecular formula is C30H42FN7O2. The number of halogens is 1. The molecule has 1 unspecified atom stereocenters. The van der Waals surface area contributed by atoms with Gasteiger partial charge in [0.15, 0.2) is 12.1 Å². The zero-order valence-corrected chi connectivity index (χ0v) is 24.2. The summed E-state index contributed by atoms with van der Waals surface area (Å²) in [5, 5.41) is 9.07. The van der Waals surface area contributed by atoms with Crippen molar-refractivity contribution >= 4 is 36.5 Å². The molecule has 3 N–H and O–H groups in total. The van der Waals surface area contributed by atoms with Crippen LogP contribution in [-0.2, 0) is 9.59 Å². The summed E-state index contributed by atoms with van der Waals surface area (Å²) in [6.07, 6.45) is 11.5. The van der Waals surface area contributed by atoms with Crippen LogP contribution in [0, 0.1) is 24.6 Å². The van der Waals surface area contributed by atoms with Crippen molar-refractivity contribution < 1.29 is 14.0 Å². The van der Waals surface area contributed by atoms with E-state index in [1.807, 2.05) is 33.0 Å². The van der Waals surface area contributed by atoms with Gasteiger partial charge in [0, 0.05) is 48.9 Å². The SMILES string of the molecule is C=Nc1c(NCC(NC)C2CCC(C)CC2)ccc(-c2nccnc2C)c1F.CC1=NCC=C1C=O.CNC=O. The van der Waals surface area contributed by atoms with Crippen molar-refractivity contribution in [2.24, 2.45) is 21.8 Å². The molecule has 10 heteroatoms. The van der Waals surface area contributed by atoms with E-state index in [-0.39, 0.29) is 5.69 Å². The van der Waals surface area contributed by atoms with Crippen LogP contribution in [0.5, 0.6) is 0 Å². The van der Waals surface area contributed by atoms with Crippen molar-refractivity contribution in [2.45, 2.75) is 52.5 Å². The number of carbonyl (C=O) groups is 2. The van der Waals surface area contributed by atoms with Gasteiger partial charge in [-0.05, 0) is 64.4 Å². The molecule has 1 aromatic carbocycles. The molecule has 2 aromatic rings. The number of aliphatic imine (C=N–C) groups is 2. The molecule has 1 fully saturated rings. The fraction of sp³-hybridized carbons (Fsp3) is 0.467. The first-order chi connectivity index (χ1) is 19.3. The van der Waals surface area contributed by atoms with Gasteiger partial charge in [-0.1, -0.05) is 25.8 Å². The highest BCUT2D eigenvalue weighted by Crippen LogP contribution is 2.36. The van der Waals surface area contributed by atoms with Crippen LogP contribution in [0.2, 0.25) is 0 Å². The summed E-state index contributed by atoms with van der Waals surface area (Å²) < 4.78 is 15.1. The number of carbonyl (C=O) groups excluding carboxylic acids is 2. The first kappa shape index (κ1) is 32.4. The highest BCUT2D eigenvalue weighted by atomic mass is 19.1. The Morgan fingerprint density at radius 1 is 1.12 bits per heavy atom. The van der Waals surface area contributed by atoms with Gasteiger partial charge in [0.1, 0.15) is 5.69 Å². The molecule has 0 spiro atoms. The molecule has 1 aromatic heterocycles. The quantitative estimate of drug-likeness (QED) is 0.307. The topological polar surface area (TPSA) is 121 Å². The van der Waals surface area contributed by atoms with Crippen LogP contribution in [0.4, 0.5) is 15.8 Å². The molecule has 1 aliphatic carbocycles. The standard InChI is InChI=1S/C22H30FN5.C6H7NO.C2H5NO/c1-14-5-7-16(8-6-14)19(24-3)13-28-18-10-9-17(20(23)22(18)25-4)21-15(2)26-11-12-27-21;1-5-6(4-8)2-3-7-5;1-3-2-4/h9-12,14,16,19,24,28H,4-8,13H2,1-3H3;2,4H,3H2,1H3;2H,1H3,(H,3,4). The van der Waals surface area contributed by atoms with Crippen molar-refractivity contribution in [3.8, 4) is 11.3 Å². The van der Waals surface area contributed by atoms with E-state index >= 15 is 4.39 Å². The van der Waals surface area contributed by atoms with Gasteiger partial charge in [0.05, 0.1) is 23.6 Å². The minimum Gasteiger partial charge on any atom is -0.382 e. The van der Waals surface area contributed by atoms with Gasteiger partial charge in [-0.15, -0.1) is 0 Å². The number of aryl methyl sites for hydroxylation is 1. The summed E-state index contributed by atoms with van der Waals surface area (Å²) in [5.41, 5.74) is 4.09. The molecule has 0 bridgehead atoms. The summed E-state index contributed by atoms with van der Waals surface area (Å²) in [6.45, 7) is 11.0. The monoisotopic (exact) mass is 551 g/mol. The fourth-order valence-electron chi connectivity index (χ4n) is 4.78. The summed E-state index contributed by atoms with van der Waals surface area (Å²) in [4.78, 5) is 35.5. The number of likely N-dealkylation sites (N-methyl/N-ethyl adjacent to an activating group) is 1. The van der Waals surface area contributed by atoms with Gasteiger partial charge in [-0.3, -0.25) is 29.5 Å². The number of aromatic nitrogens is 2. The number of allylic oxidation sites excluding steroid dienone is 1.